The van der Waals surface area contributed by atoms with Gasteiger partial charge in [-0.25, -0.2) is 26.9 Å². The van der Waals surface area contributed by atoms with Crippen molar-refractivity contribution in [3.05, 3.63) is 23.5 Å². The number of nitrogens with zero attached hydrogens (tertiary/aromatic N) is 5. The number of sulfonamides is 1. The van der Waals surface area contributed by atoms with Crippen molar-refractivity contribution in [3.63, 3.8) is 0 Å². The SMILES string of the molecule is CC1(NS(=O)(=O)c2cc(N3CC4(CCOC4)C3)c3ncc(-c4nnc(C(F)F)s4)n3c2)CC1. The van der Waals surface area contributed by atoms with E-state index in [0.29, 0.717) is 23.6 Å². The fourth-order valence-corrected chi connectivity index (χ4v) is 6.70. The van der Waals surface area contributed by atoms with E-state index in [2.05, 4.69) is 24.8 Å². The van der Waals surface area contributed by atoms with Gasteiger partial charge in [-0.3, -0.25) is 4.40 Å². The minimum Gasteiger partial charge on any atom is -0.381 e. The van der Waals surface area contributed by atoms with Gasteiger partial charge in [-0.15, -0.1) is 10.2 Å². The number of rotatable bonds is 6. The molecule has 0 radical (unpaired) electrons. The lowest BCUT2D eigenvalue weighted by Crippen LogP contribution is -2.57. The second kappa shape index (κ2) is 7.14. The van der Waals surface area contributed by atoms with Crippen LogP contribution in [0.3, 0.4) is 0 Å². The Labute approximate surface area is 192 Å². The molecule has 9 nitrogen and oxygen atoms in total. The summed E-state index contributed by atoms with van der Waals surface area (Å²) >= 11 is 0.768. The van der Waals surface area contributed by atoms with E-state index >= 15 is 0 Å². The van der Waals surface area contributed by atoms with Crippen molar-refractivity contribution in [1.82, 2.24) is 24.3 Å². The van der Waals surface area contributed by atoms with E-state index in [0.717, 1.165) is 50.3 Å². The quantitative estimate of drug-likeness (QED) is 0.560. The molecule has 3 aromatic rings. The average molecular weight is 497 g/mol. The van der Waals surface area contributed by atoms with Crippen LogP contribution in [0.1, 0.15) is 37.6 Å². The smallest absolute Gasteiger partial charge is 0.291 e. The van der Waals surface area contributed by atoms with Crippen molar-refractivity contribution in [1.29, 1.82) is 0 Å². The summed E-state index contributed by atoms with van der Waals surface area (Å²) in [4.78, 5) is 6.70. The van der Waals surface area contributed by atoms with Gasteiger partial charge < -0.3 is 9.64 Å². The summed E-state index contributed by atoms with van der Waals surface area (Å²) in [6, 6.07) is 1.65. The van der Waals surface area contributed by atoms with Crippen LogP contribution in [0, 0.1) is 5.41 Å². The molecule has 1 spiro atoms. The predicted octanol–water partition coefficient (Wildman–Crippen LogP) is 2.85. The zero-order chi connectivity index (χ0) is 23.0. The molecule has 5 heterocycles. The number of hydrogen-bond acceptors (Lipinski definition) is 8. The molecule has 2 saturated heterocycles. The predicted molar refractivity (Wildman–Crippen MR) is 117 cm³/mol. The second-order valence-corrected chi connectivity index (χ2v) is 12.2. The molecule has 3 aromatic heterocycles. The van der Waals surface area contributed by atoms with Crippen LogP contribution in [-0.2, 0) is 14.8 Å². The maximum Gasteiger partial charge on any atom is 0.291 e. The van der Waals surface area contributed by atoms with Crippen molar-refractivity contribution in [2.75, 3.05) is 31.2 Å². The number of aromatic nitrogens is 4. The molecule has 0 aromatic carbocycles. The monoisotopic (exact) mass is 496 g/mol. The van der Waals surface area contributed by atoms with Gasteiger partial charge in [0.15, 0.2) is 15.7 Å². The molecule has 1 aliphatic carbocycles. The Bertz CT molecular complexity index is 1340. The Morgan fingerprint density at radius 3 is 2.67 bits per heavy atom. The summed E-state index contributed by atoms with van der Waals surface area (Å²) in [6.07, 6.45) is 2.82. The highest BCUT2D eigenvalue weighted by atomic mass is 32.2. The molecule has 3 fully saturated rings. The number of pyridine rings is 1. The standard InChI is InChI=1S/C20H22F2N6O3S2/c1-19(2-3-19)26-33(29,30)12-6-13(27-9-20(10-27)4-5-31-11-20)16-23-7-14(28(16)8-12)17-24-25-18(32-17)15(21)22/h6-8,15,26H,2-5,9-11H2,1H3. The zero-order valence-electron chi connectivity index (χ0n) is 17.8. The van der Waals surface area contributed by atoms with E-state index in [9.17, 15) is 17.2 Å². The van der Waals surface area contributed by atoms with Crippen molar-refractivity contribution in [2.24, 2.45) is 5.41 Å². The first-order valence-electron chi connectivity index (χ1n) is 10.7. The Hall–Kier alpha value is -2.22. The lowest BCUT2D eigenvalue weighted by Gasteiger charge is -2.48. The average Bonchev–Trinajstić information content (AvgIpc) is 3.22. The third kappa shape index (κ3) is 3.61. The highest BCUT2D eigenvalue weighted by Gasteiger charge is 2.47. The van der Waals surface area contributed by atoms with Gasteiger partial charge in [0.2, 0.25) is 10.0 Å². The van der Waals surface area contributed by atoms with Crippen molar-refractivity contribution >= 4 is 32.7 Å². The Morgan fingerprint density at radius 1 is 1.24 bits per heavy atom. The van der Waals surface area contributed by atoms with E-state index < -0.39 is 27.0 Å². The van der Waals surface area contributed by atoms with Gasteiger partial charge in [0.1, 0.15) is 10.6 Å². The molecule has 6 rings (SSSR count). The molecule has 2 aliphatic heterocycles. The number of halogens is 2. The van der Waals surface area contributed by atoms with Gasteiger partial charge in [-0.1, -0.05) is 11.3 Å². The van der Waals surface area contributed by atoms with E-state index in [1.807, 2.05) is 6.92 Å². The molecule has 33 heavy (non-hydrogen) atoms. The van der Waals surface area contributed by atoms with Gasteiger partial charge in [0, 0.05) is 36.8 Å². The topological polar surface area (TPSA) is 102 Å². The molecule has 3 aliphatic rings. The molecule has 0 amide bonds. The van der Waals surface area contributed by atoms with Crippen LogP contribution in [0.25, 0.3) is 16.3 Å². The number of ether oxygens (including phenoxy) is 1. The van der Waals surface area contributed by atoms with Crippen molar-refractivity contribution in [2.45, 2.75) is 43.0 Å². The fourth-order valence-electron chi connectivity index (χ4n) is 4.51. The first-order valence-corrected chi connectivity index (χ1v) is 13.0. The molecular formula is C20H22F2N6O3S2. The minimum atomic E-state index is -3.80. The van der Waals surface area contributed by atoms with Gasteiger partial charge in [0.25, 0.3) is 6.43 Å². The van der Waals surface area contributed by atoms with Gasteiger partial charge in [-0.2, -0.15) is 0 Å². The van der Waals surface area contributed by atoms with E-state index in [1.54, 1.807) is 10.5 Å². The normalized spacial score (nSPS) is 21.3. The number of nitrogens with one attached hydrogen (secondary N) is 1. The molecule has 1 saturated carbocycles. The first-order chi connectivity index (χ1) is 15.7. The fraction of sp³-hybridized carbons (Fsp3) is 0.550. The van der Waals surface area contributed by atoms with Gasteiger partial charge >= 0.3 is 0 Å². The summed E-state index contributed by atoms with van der Waals surface area (Å²) < 4.78 is 62.5. The summed E-state index contributed by atoms with van der Waals surface area (Å²) in [7, 11) is -3.80. The van der Waals surface area contributed by atoms with Crippen molar-refractivity contribution in [3.8, 4) is 10.7 Å². The molecular weight excluding hydrogens is 474 g/mol. The number of alkyl halides is 2. The molecule has 0 unspecified atom stereocenters. The first kappa shape index (κ1) is 21.3. The molecule has 0 bridgehead atoms. The van der Waals surface area contributed by atoms with Crippen LogP contribution in [-0.4, -0.2) is 59.8 Å². The third-order valence-electron chi connectivity index (χ3n) is 6.68. The largest absolute Gasteiger partial charge is 0.381 e. The van der Waals surface area contributed by atoms with E-state index in [1.165, 1.54) is 12.4 Å². The number of hydrogen-bond donors (Lipinski definition) is 1. The number of fused-ring (bicyclic) bond motifs is 1. The van der Waals surface area contributed by atoms with Crippen molar-refractivity contribution < 1.29 is 21.9 Å². The molecule has 1 N–H and O–H groups in total. The Kier molecular flexibility index (Phi) is 4.61. The lowest BCUT2D eigenvalue weighted by molar-refractivity contribution is 0.131. The Balaban J connectivity index is 1.46. The molecule has 0 atom stereocenters. The molecule has 13 heteroatoms. The van der Waals surface area contributed by atoms with Gasteiger partial charge in [0.05, 0.1) is 18.5 Å². The summed E-state index contributed by atoms with van der Waals surface area (Å²) in [5, 5.41) is 7.32. The minimum absolute atomic E-state index is 0.0897. The van der Waals surface area contributed by atoms with Crippen LogP contribution in [0.15, 0.2) is 23.4 Å². The van der Waals surface area contributed by atoms with Crippen LogP contribution < -0.4 is 9.62 Å². The zero-order valence-corrected chi connectivity index (χ0v) is 19.4. The van der Waals surface area contributed by atoms with Crippen LogP contribution >= 0.6 is 11.3 Å². The van der Waals surface area contributed by atoms with Crippen LogP contribution in [0.5, 0.6) is 0 Å². The van der Waals surface area contributed by atoms with E-state index in [-0.39, 0.29) is 15.3 Å². The molecule has 176 valence electrons. The third-order valence-corrected chi connectivity index (χ3v) is 9.24. The van der Waals surface area contributed by atoms with Crippen LogP contribution in [0.2, 0.25) is 0 Å². The summed E-state index contributed by atoms with van der Waals surface area (Å²) in [5.41, 5.74) is 1.31. The highest BCUT2D eigenvalue weighted by Crippen LogP contribution is 2.43. The maximum atomic E-state index is 13.2. The highest BCUT2D eigenvalue weighted by molar-refractivity contribution is 7.89. The van der Waals surface area contributed by atoms with E-state index in [4.69, 9.17) is 4.74 Å². The number of imidazole rings is 1. The van der Waals surface area contributed by atoms with Gasteiger partial charge in [-0.05, 0) is 32.3 Å². The maximum absolute atomic E-state index is 13.2. The van der Waals surface area contributed by atoms with Crippen LogP contribution in [0.4, 0.5) is 14.5 Å². The summed E-state index contributed by atoms with van der Waals surface area (Å²) in [6.45, 7) is 4.79. The second-order valence-electron chi connectivity index (χ2n) is 9.47. The number of anilines is 1. The summed E-state index contributed by atoms with van der Waals surface area (Å²) in [5.74, 6) is 0. The Morgan fingerprint density at radius 2 is 2.03 bits per heavy atom. The lowest BCUT2D eigenvalue weighted by atomic mass is 9.79.